The molecule has 0 aromatic carbocycles. The minimum absolute atomic E-state index is 0.114. The van der Waals surface area contributed by atoms with Crippen molar-refractivity contribution in [1.29, 1.82) is 0 Å². The van der Waals surface area contributed by atoms with Gasteiger partial charge in [0.1, 0.15) is 0 Å². The van der Waals surface area contributed by atoms with Gasteiger partial charge in [-0.3, -0.25) is 0 Å². The molecule has 1 unspecified atom stereocenters. The maximum atomic E-state index is 8.80. The molecule has 1 atom stereocenters. The highest BCUT2D eigenvalue weighted by molar-refractivity contribution is 4.49. The van der Waals surface area contributed by atoms with E-state index < -0.39 is 0 Å². The molecule has 78 valence electrons. The van der Waals surface area contributed by atoms with Gasteiger partial charge in [0.2, 0.25) is 0 Å². The van der Waals surface area contributed by atoms with Crippen LogP contribution in [-0.4, -0.2) is 11.2 Å². The summed E-state index contributed by atoms with van der Waals surface area (Å²) < 4.78 is 0. The van der Waals surface area contributed by atoms with Gasteiger partial charge in [0.25, 0.3) is 0 Å². The average Bonchev–Trinajstić information content (AvgIpc) is 2.08. The van der Waals surface area contributed by atoms with E-state index in [1.807, 2.05) is 34.6 Å². The van der Waals surface area contributed by atoms with E-state index in [2.05, 4.69) is 13.8 Å². The van der Waals surface area contributed by atoms with Crippen molar-refractivity contribution in [3.63, 3.8) is 0 Å². The first kappa shape index (κ1) is 17.9. The van der Waals surface area contributed by atoms with Crippen LogP contribution in [0.1, 0.15) is 61.3 Å². The Kier molecular flexibility index (Phi) is 25.6. The van der Waals surface area contributed by atoms with Crippen molar-refractivity contribution in [3.8, 4) is 0 Å². The molecular weight excluding hydrogens is 148 g/mol. The predicted molar refractivity (Wildman–Crippen MR) is 58.4 cm³/mol. The first-order valence-corrected chi connectivity index (χ1v) is 5.31. The Morgan fingerprint density at radius 1 is 0.833 bits per heavy atom. The number of aliphatic hydroxyl groups excluding tert-OH is 1. The third-order valence-corrected chi connectivity index (χ3v) is 1.16. The lowest BCUT2D eigenvalue weighted by Crippen LogP contribution is -2.00. The molecule has 0 fully saturated rings. The van der Waals surface area contributed by atoms with E-state index in [0.29, 0.717) is 0 Å². The van der Waals surface area contributed by atoms with E-state index in [-0.39, 0.29) is 6.10 Å². The fourth-order valence-corrected chi connectivity index (χ4v) is 0.575. The Balaban J connectivity index is -0.000000175. The summed E-state index contributed by atoms with van der Waals surface area (Å²) in [5.41, 5.74) is 0. The second kappa shape index (κ2) is 17.2. The molecule has 12 heavy (non-hydrogen) atoms. The molecule has 1 nitrogen and oxygen atoms in total. The first-order chi connectivity index (χ1) is 5.63. The van der Waals surface area contributed by atoms with Crippen LogP contribution in [0, 0.1) is 5.92 Å². The largest absolute Gasteiger partial charge is 0.393 e. The molecule has 1 heteroatoms. The molecule has 0 aromatic rings. The van der Waals surface area contributed by atoms with Crippen LogP contribution in [0.3, 0.4) is 0 Å². The molecule has 0 heterocycles. The minimum atomic E-state index is -0.114. The van der Waals surface area contributed by atoms with Gasteiger partial charge >= 0.3 is 0 Å². The summed E-state index contributed by atoms with van der Waals surface area (Å²) in [7, 11) is 0. The first-order valence-electron chi connectivity index (χ1n) is 5.31. The summed E-state index contributed by atoms with van der Waals surface area (Å²) in [5, 5.41) is 8.80. The van der Waals surface area contributed by atoms with Crippen LogP contribution in [-0.2, 0) is 0 Å². The molecule has 0 radical (unpaired) electrons. The Labute approximate surface area is 79.2 Å². The molecule has 0 aliphatic rings. The van der Waals surface area contributed by atoms with Crippen LogP contribution >= 0.6 is 0 Å². The van der Waals surface area contributed by atoms with Crippen molar-refractivity contribution in [3.05, 3.63) is 0 Å². The van der Waals surface area contributed by atoms with Crippen molar-refractivity contribution >= 4 is 0 Å². The summed E-state index contributed by atoms with van der Waals surface area (Å²) >= 11 is 0. The van der Waals surface area contributed by atoms with Crippen LogP contribution < -0.4 is 0 Å². The molecule has 0 spiro atoms. The van der Waals surface area contributed by atoms with Gasteiger partial charge in [0.05, 0.1) is 6.10 Å². The Hall–Kier alpha value is -0.0400. The molecule has 0 saturated heterocycles. The van der Waals surface area contributed by atoms with E-state index in [1.165, 1.54) is 0 Å². The monoisotopic (exact) mass is 176 g/mol. The zero-order valence-corrected chi connectivity index (χ0v) is 10.0. The Morgan fingerprint density at radius 2 is 1.17 bits per heavy atom. The van der Waals surface area contributed by atoms with E-state index in [1.54, 1.807) is 0 Å². The van der Waals surface area contributed by atoms with Gasteiger partial charge in [-0.25, -0.2) is 0 Å². The lowest BCUT2D eigenvalue weighted by Gasteiger charge is -2.04. The third kappa shape index (κ3) is 32.5. The highest BCUT2D eigenvalue weighted by Gasteiger charge is 1.96. The van der Waals surface area contributed by atoms with E-state index in [4.69, 9.17) is 5.11 Å². The van der Waals surface area contributed by atoms with E-state index in [9.17, 15) is 0 Å². The van der Waals surface area contributed by atoms with Crippen LogP contribution in [0.15, 0.2) is 0 Å². The van der Waals surface area contributed by atoms with Crippen LogP contribution in [0.25, 0.3) is 0 Å². The summed E-state index contributed by atoms with van der Waals surface area (Å²) in [6, 6.07) is 0. The second-order valence-electron chi connectivity index (χ2n) is 2.82. The van der Waals surface area contributed by atoms with E-state index >= 15 is 0 Å². The van der Waals surface area contributed by atoms with Gasteiger partial charge in [-0.1, -0.05) is 41.5 Å². The lowest BCUT2D eigenvalue weighted by molar-refractivity contribution is 0.176. The number of hydrogen-bond acceptors (Lipinski definition) is 1. The molecule has 0 aromatic heterocycles. The zero-order valence-electron chi connectivity index (χ0n) is 10.0. The fourth-order valence-electron chi connectivity index (χ4n) is 0.575. The van der Waals surface area contributed by atoms with Crippen molar-refractivity contribution < 1.29 is 5.11 Å². The molecule has 1 N–H and O–H groups in total. The topological polar surface area (TPSA) is 20.2 Å². The number of hydrogen-bond donors (Lipinski definition) is 1. The summed E-state index contributed by atoms with van der Waals surface area (Å²) in [6.07, 6.45) is 1.97. The molecule has 0 aliphatic heterocycles. The molecule has 0 rings (SSSR count). The normalized spacial score (nSPS) is 10.8. The quantitative estimate of drug-likeness (QED) is 0.692. The van der Waals surface area contributed by atoms with Gasteiger partial charge in [-0.15, -0.1) is 0 Å². The predicted octanol–water partition coefficient (Wildman–Crippen LogP) is 3.86. The smallest absolute Gasteiger partial charge is 0.0512 e. The van der Waals surface area contributed by atoms with Crippen molar-refractivity contribution in [1.82, 2.24) is 0 Å². The number of aliphatic hydroxyl groups is 1. The second-order valence-corrected chi connectivity index (χ2v) is 2.82. The summed E-state index contributed by atoms with van der Waals surface area (Å²) in [6.45, 7) is 14.2. The van der Waals surface area contributed by atoms with Gasteiger partial charge in [-0.05, 0) is 25.7 Å². The molecule has 0 aliphatic carbocycles. The molecule has 0 bridgehead atoms. The van der Waals surface area contributed by atoms with Crippen LogP contribution in [0.2, 0.25) is 0 Å². The fraction of sp³-hybridized carbons (Fsp3) is 1.00. The average molecular weight is 176 g/mol. The SMILES string of the molecule is CC.CC.CC(C)CCC(C)O. The lowest BCUT2D eigenvalue weighted by atomic mass is 10.1. The zero-order chi connectivity index (χ0) is 10.6. The molecular formula is C11H28O. The van der Waals surface area contributed by atoms with Gasteiger partial charge in [-0.2, -0.15) is 0 Å². The van der Waals surface area contributed by atoms with Crippen LogP contribution in [0.5, 0.6) is 0 Å². The standard InChI is InChI=1S/C7H16O.2C2H6/c1-6(2)4-5-7(3)8;2*1-2/h6-8H,4-5H2,1-3H3;2*1-2H3. The highest BCUT2D eigenvalue weighted by atomic mass is 16.3. The van der Waals surface area contributed by atoms with Crippen molar-refractivity contribution in [2.45, 2.75) is 67.4 Å². The highest BCUT2D eigenvalue weighted by Crippen LogP contribution is 2.05. The Morgan fingerprint density at radius 3 is 1.25 bits per heavy atom. The maximum Gasteiger partial charge on any atom is 0.0512 e. The van der Waals surface area contributed by atoms with Gasteiger partial charge in [0, 0.05) is 0 Å². The molecule has 0 amide bonds. The molecule has 0 saturated carbocycles. The summed E-state index contributed by atoms with van der Waals surface area (Å²) in [4.78, 5) is 0. The minimum Gasteiger partial charge on any atom is -0.393 e. The van der Waals surface area contributed by atoms with Crippen LogP contribution in [0.4, 0.5) is 0 Å². The third-order valence-electron chi connectivity index (χ3n) is 1.16. The van der Waals surface area contributed by atoms with Gasteiger partial charge in [0.15, 0.2) is 0 Å². The summed E-state index contributed by atoms with van der Waals surface area (Å²) in [5.74, 6) is 0.726. The number of rotatable bonds is 3. The van der Waals surface area contributed by atoms with Crippen molar-refractivity contribution in [2.24, 2.45) is 5.92 Å². The Bertz CT molecular complexity index is 41.0. The van der Waals surface area contributed by atoms with Crippen molar-refractivity contribution in [2.75, 3.05) is 0 Å². The van der Waals surface area contributed by atoms with E-state index in [0.717, 1.165) is 18.8 Å². The maximum absolute atomic E-state index is 8.80. The van der Waals surface area contributed by atoms with Gasteiger partial charge < -0.3 is 5.11 Å².